The number of aryl methyl sites for hydroxylation is 2. The highest BCUT2D eigenvalue weighted by Gasteiger charge is 2.28. The van der Waals surface area contributed by atoms with Gasteiger partial charge >= 0.3 is 0 Å². The standard InChI is InChI=1S/C29H27N5O2S/c1-3-16-31-37-22-13-11-21(12-14-22)34-27-24(26(33-34)28(30)35)15-9-19-8-10-20(17-25(19)27)32-29(36)23-7-5-4-6-18(23)2/h1,4-8,10-14,17,28,31,35H,9,15-16,30H2,2H3,(H,32,36). The molecule has 3 aromatic carbocycles. The van der Waals surface area contributed by atoms with Crippen LogP contribution in [0.1, 0.15) is 39.0 Å². The molecule has 0 bridgehead atoms. The van der Waals surface area contributed by atoms with Crippen LogP contribution >= 0.6 is 11.9 Å². The van der Waals surface area contributed by atoms with E-state index in [1.165, 1.54) is 11.9 Å². The van der Waals surface area contributed by atoms with Gasteiger partial charge in [0.05, 0.1) is 17.9 Å². The summed E-state index contributed by atoms with van der Waals surface area (Å²) in [5.41, 5.74) is 13.3. The lowest BCUT2D eigenvalue weighted by Gasteiger charge is -2.20. The maximum Gasteiger partial charge on any atom is 0.255 e. The van der Waals surface area contributed by atoms with Gasteiger partial charge in [-0.3, -0.25) is 4.79 Å². The van der Waals surface area contributed by atoms with Gasteiger partial charge in [0.25, 0.3) is 5.91 Å². The summed E-state index contributed by atoms with van der Waals surface area (Å²) >= 11 is 1.46. The maximum absolute atomic E-state index is 13.0. The average Bonchev–Trinajstić information content (AvgIpc) is 3.30. The minimum Gasteiger partial charge on any atom is -0.373 e. The van der Waals surface area contributed by atoms with Crippen LogP contribution < -0.4 is 15.8 Å². The third-order valence-electron chi connectivity index (χ3n) is 6.40. The summed E-state index contributed by atoms with van der Waals surface area (Å²) < 4.78 is 4.93. The van der Waals surface area contributed by atoms with E-state index >= 15 is 0 Å². The zero-order valence-electron chi connectivity index (χ0n) is 20.4. The number of nitrogens with zero attached hydrogens (tertiary/aromatic N) is 2. The molecule has 0 aliphatic heterocycles. The van der Waals surface area contributed by atoms with Gasteiger partial charge in [-0.2, -0.15) is 5.10 Å². The highest BCUT2D eigenvalue weighted by molar-refractivity contribution is 7.97. The molecule has 1 amide bonds. The first-order chi connectivity index (χ1) is 18.0. The van der Waals surface area contributed by atoms with Crippen LogP contribution in [0.15, 0.2) is 71.6 Å². The number of fused-ring (bicyclic) bond motifs is 3. The second-order valence-corrected chi connectivity index (χ2v) is 9.80. The third kappa shape index (κ3) is 5.03. The van der Waals surface area contributed by atoms with Crippen LogP contribution in [-0.4, -0.2) is 27.3 Å². The number of carbonyl (C=O) groups excluding carboxylic acids is 1. The fraction of sp³-hybridized carbons (Fsp3) is 0.172. The minimum atomic E-state index is -1.19. The second kappa shape index (κ2) is 10.6. The average molecular weight is 510 g/mol. The van der Waals surface area contributed by atoms with Crippen molar-refractivity contribution < 1.29 is 9.90 Å². The Morgan fingerprint density at radius 1 is 1.19 bits per heavy atom. The van der Waals surface area contributed by atoms with Crippen LogP contribution in [0, 0.1) is 19.3 Å². The summed E-state index contributed by atoms with van der Waals surface area (Å²) in [5, 5.41) is 18.1. The Hall–Kier alpha value is -3.87. The quantitative estimate of drug-likeness (QED) is 0.128. The number of amides is 1. The van der Waals surface area contributed by atoms with E-state index in [1.54, 1.807) is 0 Å². The molecule has 5 N–H and O–H groups in total. The predicted octanol–water partition coefficient (Wildman–Crippen LogP) is 4.38. The van der Waals surface area contributed by atoms with E-state index in [1.807, 2.05) is 78.3 Å². The van der Waals surface area contributed by atoms with Crippen LogP contribution in [0.25, 0.3) is 16.9 Å². The molecule has 1 aliphatic rings. The van der Waals surface area contributed by atoms with E-state index in [0.717, 1.165) is 45.0 Å². The summed E-state index contributed by atoms with van der Waals surface area (Å²) in [6.45, 7) is 2.39. The van der Waals surface area contributed by atoms with E-state index in [2.05, 4.69) is 16.0 Å². The molecule has 0 fully saturated rings. The summed E-state index contributed by atoms with van der Waals surface area (Å²) in [6, 6.07) is 21.4. The topological polar surface area (TPSA) is 105 Å². The maximum atomic E-state index is 13.0. The van der Waals surface area contributed by atoms with Crippen molar-refractivity contribution in [2.45, 2.75) is 30.9 Å². The number of aliphatic hydroxyl groups excluding tert-OH is 1. The smallest absolute Gasteiger partial charge is 0.255 e. The summed E-state index contributed by atoms with van der Waals surface area (Å²) in [4.78, 5) is 14.0. The van der Waals surface area contributed by atoms with Gasteiger partial charge in [0.2, 0.25) is 0 Å². The van der Waals surface area contributed by atoms with Crippen molar-refractivity contribution in [3.63, 3.8) is 0 Å². The number of rotatable bonds is 7. The highest BCUT2D eigenvalue weighted by Crippen LogP contribution is 2.39. The number of aromatic nitrogens is 2. The van der Waals surface area contributed by atoms with Crippen molar-refractivity contribution in [1.29, 1.82) is 0 Å². The third-order valence-corrected chi connectivity index (χ3v) is 7.19. The van der Waals surface area contributed by atoms with Gasteiger partial charge in [-0.1, -0.05) is 30.2 Å². The van der Waals surface area contributed by atoms with E-state index < -0.39 is 6.23 Å². The molecule has 0 saturated carbocycles. The van der Waals surface area contributed by atoms with E-state index in [4.69, 9.17) is 17.3 Å². The largest absolute Gasteiger partial charge is 0.373 e. The van der Waals surface area contributed by atoms with Crippen LogP contribution in [0.3, 0.4) is 0 Å². The molecule has 37 heavy (non-hydrogen) atoms. The lowest BCUT2D eigenvalue weighted by molar-refractivity contribution is 0.102. The molecular formula is C29H27N5O2S. The van der Waals surface area contributed by atoms with Gasteiger partial charge in [0.15, 0.2) is 0 Å². The van der Waals surface area contributed by atoms with Gasteiger partial charge in [-0.05, 0) is 85.3 Å². The number of hydrogen-bond donors (Lipinski definition) is 4. The number of nitrogens with two attached hydrogens (primary N) is 1. The van der Waals surface area contributed by atoms with E-state index in [0.29, 0.717) is 29.9 Å². The molecule has 1 heterocycles. The molecule has 0 saturated heterocycles. The fourth-order valence-corrected chi connectivity index (χ4v) is 5.20. The number of nitrogens with one attached hydrogen (secondary N) is 2. The molecule has 186 valence electrons. The monoisotopic (exact) mass is 509 g/mol. The van der Waals surface area contributed by atoms with Crippen LogP contribution in [0.2, 0.25) is 0 Å². The normalized spacial score (nSPS) is 12.8. The van der Waals surface area contributed by atoms with Crippen molar-refractivity contribution in [2.75, 3.05) is 11.9 Å². The molecule has 5 rings (SSSR count). The van der Waals surface area contributed by atoms with Gasteiger partial charge in [0.1, 0.15) is 11.9 Å². The molecule has 0 radical (unpaired) electrons. The fourth-order valence-electron chi connectivity index (χ4n) is 4.61. The lowest BCUT2D eigenvalue weighted by Crippen LogP contribution is -2.15. The Morgan fingerprint density at radius 2 is 1.97 bits per heavy atom. The first kappa shape index (κ1) is 24.8. The molecular weight excluding hydrogens is 482 g/mol. The molecule has 1 aromatic heterocycles. The van der Waals surface area contributed by atoms with Crippen molar-refractivity contribution in [3.05, 3.63) is 94.7 Å². The number of terminal acetylenes is 1. The van der Waals surface area contributed by atoms with Gasteiger partial charge in [-0.25, -0.2) is 9.40 Å². The Kier molecular flexibility index (Phi) is 7.12. The minimum absolute atomic E-state index is 0.160. The number of benzene rings is 3. The first-order valence-electron chi connectivity index (χ1n) is 12.0. The highest BCUT2D eigenvalue weighted by atomic mass is 32.2. The molecule has 4 aromatic rings. The van der Waals surface area contributed by atoms with Gasteiger partial charge in [-0.15, -0.1) is 6.42 Å². The van der Waals surface area contributed by atoms with Crippen LogP contribution in [0.5, 0.6) is 0 Å². The van der Waals surface area contributed by atoms with Crippen molar-refractivity contribution in [3.8, 4) is 29.3 Å². The van der Waals surface area contributed by atoms with Crippen LogP contribution in [-0.2, 0) is 12.8 Å². The van der Waals surface area contributed by atoms with E-state index in [9.17, 15) is 9.90 Å². The number of hydrogen-bond acceptors (Lipinski definition) is 6. The van der Waals surface area contributed by atoms with Gasteiger partial charge < -0.3 is 16.2 Å². The predicted molar refractivity (Wildman–Crippen MR) is 147 cm³/mol. The number of anilines is 1. The SMILES string of the molecule is C#CCNSc1ccc(-n2nc(C(N)O)c3c2-c2cc(NC(=O)c4ccccc4C)ccc2CC3)cc1. The van der Waals surface area contributed by atoms with Gasteiger partial charge in [0, 0.05) is 27.3 Å². The van der Waals surface area contributed by atoms with Crippen molar-refractivity contribution in [2.24, 2.45) is 5.73 Å². The first-order valence-corrected chi connectivity index (χ1v) is 12.8. The zero-order valence-corrected chi connectivity index (χ0v) is 21.2. The zero-order chi connectivity index (χ0) is 25.9. The van der Waals surface area contributed by atoms with Crippen molar-refractivity contribution in [1.82, 2.24) is 14.5 Å². The Morgan fingerprint density at radius 3 is 2.70 bits per heavy atom. The summed E-state index contributed by atoms with van der Waals surface area (Å²) in [6.07, 6.45) is 5.61. The summed E-state index contributed by atoms with van der Waals surface area (Å²) in [5.74, 6) is 2.39. The molecule has 1 unspecified atom stereocenters. The second-order valence-electron chi connectivity index (χ2n) is 8.83. The summed E-state index contributed by atoms with van der Waals surface area (Å²) in [7, 11) is 0. The molecule has 7 nitrogen and oxygen atoms in total. The number of carbonyl (C=O) groups is 1. The van der Waals surface area contributed by atoms with Crippen LogP contribution in [0.4, 0.5) is 5.69 Å². The molecule has 8 heteroatoms. The molecule has 1 atom stereocenters. The van der Waals surface area contributed by atoms with Crippen molar-refractivity contribution >= 4 is 23.5 Å². The lowest BCUT2D eigenvalue weighted by atomic mass is 9.88. The Labute approximate surface area is 220 Å². The Balaban J connectivity index is 1.53. The Bertz CT molecular complexity index is 1500. The van der Waals surface area contributed by atoms with E-state index in [-0.39, 0.29) is 5.91 Å². The number of aliphatic hydroxyl groups is 1. The molecule has 1 aliphatic carbocycles. The molecule has 0 spiro atoms.